The van der Waals surface area contributed by atoms with Gasteiger partial charge in [0.05, 0.1) is 10.0 Å². The highest BCUT2D eigenvalue weighted by Crippen LogP contribution is 2.30. The lowest BCUT2D eigenvalue weighted by atomic mass is 10.3. The molecule has 0 bridgehead atoms. The Kier molecular flexibility index (Phi) is 4.69. The van der Waals surface area contributed by atoms with Gasteiger partial charge < -0.3 is 16.4 Å². The number of rotatable bonds is 4. The molecule has 2 aromatic heterocycles. The SMILES string of the molecule is Cc1cccc(Nc2ncnc(Nc3ccc(Cl)c(Cl)c3)c2N)n1. The summed E-state index contributed by atoms with van der Waals surface area (Å²) < 4.78 is 0. The van der Waals surface area contributed by atoms with E-state index in [1.54, 1.807) is 18.2 Å². The summed E-state index contributed by atoms with van der Waals surface area (Å²) in [5.74, 6) is 1.57. The monoisotopic (exact) mass is 360 g/mol. The smallest absolute Gasteiger partial charge is 0.160 e. The van der Waals surface area contributed by atoms with Crippen molar-refractivity contribution in [3.05, 3.63) is 58.5 Å². The molecule has 6 nitrogen and oxygen atoms in total. The van der Waals surface area contributed by atoms with Crippen molar-refractivity contribution < 1.29 is 0 Å². The van der Waals surface area contributed by atoms with Crippen molar-refractivity contribution in [3.63, 3.8) is 0 Å². The van der Waals surface area contributed by atoms with Gasteiger partial charge in [-0.25, -0.2) is 15.0 Å². The lowest BCUT2D eigenvalue weighted by Crippen LogP contribution is -2.06. The molecule has 0 radical (unpaired) electrons. The van der Waals surface area contributed by atoms with Crippen LogP contribution in [0.5, 0.6) is 0 Å². The highest BCUT2D eigenvalue weighted by Gasteiger charge is 2.10. The van der Waals surface area contributed by atoms with Gasteiger partial charge in [0.2, 0.25) is 0 Å². The van der Waals surface area contributed by atoms with Crippen LogP contribution >= 0.6 is 23.2 Å². The fourth-order valence-electron chi connectivity index (χ4n) is 2.04. The third kappa shape index (κ3) is 3.67. The maximum Gasteiger partial charge on any atom is 0.160 e. The van der Waals surface area contributed by atoms with Crippen LogP contribution in [0, 0.1) is 6.92 Å². The Labute approximate surface area is 149 Å². The predicted molar refractivity (Wildman–Crippen MR) is 98.4 cm³/mol. The van der Waals surface area contributed by atoms with E-state index in [2.05, 4.69) is 25.6 Å². The van der Waals surface area contributed by atoms with E-state index < -0.39 is 0 Å². The number of nitrogen functional groups attached to an aromatic ring is 1. The molecule has 0 saturated carbocycles. The minimum absolute atomic E-state index is 0.367. The molecule has 0 aliphatic heterocycles. The van der Waals surface area contributed by atoms with E-state index in [9.17, 15) is 0 Å². The van der Waals surface area contributed by atoms with E-state index in [0.29, 0.717) is 33.2 Å². The highest BCUT2D eigenvalue weighted by molar-refractivity contribution is 6.42. The quantitative estimate of drug-likeness (QED) is 0.632. The summed E-state index contributed by atoms with van der Waals surface area (Å²) in [7, 11) is 0. The van der Waals surface area contributed by atoms with Gasteiger partial charge in [0.25, 0.3) is 0 Å². The lowest BCUT2D eigenvalue weighted by molar-refractivity contribution is 1.15. The van der Waals surface area contributed by atoms with Crippen LogP contribution in [0.2, 0.25) is 10.0 Å². The molecule has 2 heterocycles. The first-order chi connectivity index (χ1) is 11.5. The second-order valence-corrected chi connectivity index (χ2v) is 5.84. The maximum atomic E-state index is 6.15. The number of nitrogens with two attached hydrogens (primary N) is 1. The fraction of sp³-hybridized carbons (Fsp3) is 0.0625. The Morgan fingerprint density at radius 3 is 2.42 bits per heavy atom. The van der Waals surface area contributed by atoms with Crippen LogP contribution in [0.3, 0.4) is 0 Å². The Bertz CT molecular complexity index is 884. The van der Waals surface area contributed by atoms with Crippen molar-refractivity contribution in [1.29, 1.82) is 0 Å². The molecular formula is C16H14Cl2N6. The number of nitrogens with one attached hydrogen (secondary N) is 2. The summed E-state index contributed by atoms with van der Waals surface area (Å²) in [6.45, 7) is 1.91. The lowest BCUT2D eigenvalue weighted by Gasteiger charge is -2.12. The van der Waals surface area contributed by atoms with Crippen molar-refractivity contribution in [2.75, 3.05) is 16.4 Å². The molecule has 0 amide bonds. The van der Waals surface area contributed by atoms with Gasteiger partial charge in [0.1, 0.15) is 17.8 Å². The summed E-state index contributed by atoms with van der Waals surface area (Å²) in [6.07, 6.45) is 1.41. The van der Waals surface area contributed by atoms with Crippen molar-refractivity contribution in [1.82, 2.24) is 15.0 Å². The molecule has 3 aromatic rings. The van der Waals surface area contributed by atoms with E-state index in [1.807, 2.05) is 25.1 Å². The van der Waals surface area contributed by atoms with Crippen molar-refractivity contribution in [2.45, 2.75) is 6.92 Å². The zero-order valence-corrected chi connectivity index (χ0v) is 14.2. The van der Waals surface area contributed by atoms with Gasteiger partial charge in [-0.3, -0.25) is 0 Å². The van der Waals surface area contributed by atoms with Crippen LogP contribution < -0.4 is 16.4 Å². The highest BCUT2D eigenvalue weighted by atomic mass is 35.5. The van der Waals surface area contributed by atoms with Crippen molar-refractivity contribution in [2.24, 2.45) is 0 Å². The molecule has 1 aromatic carbocycles. The molecule has 0 aliphatic rings. The van der Waals surface area contributed by atoms with Crippen LogP contribution in [0.25, 0.3) is 0 Å². The van der Waals surface area contributed by atoms with Gasteiger partial charge in [0, 0.05) is 11.4 Å². The normalized spacial score (nSPS) is 10.5. The number of halogens is 2. The Balaban J connectivity index is 1.86. The molecule has 0 spiro atoms. The van der Waals surface area contributed by atoms with E-state index in [1.165, 1.54) is 6.33 Å². The summed E-state index contributed by atoms with van der Waals surface area (Å²) in [5.41, 5.74) is 8.12. The Morgan fingerprint density at radius 2 is 1.71 bits per heavy atom. The van der Waals surface area contributed by atoms with Gasteiger partial charge >= 0.3 is 0 Å². The molecule has 3 rings (SSSR count). The van der Waals surface area contributed by atoms with Gasteiger partial charge in [-0.2, -0.15) is 0 Å². The zero-order chi connectivity index (χ0) is 17.1. The van der Waals surface area contributed by atoms with Crippen LogP contribution in [0.4, 0.5) is 28.8 Å². The molecule has 0 unspecified atom stereocenters. The summed E-state index contributed by atoms with van der Waals surface area (Å²) in [5, 5.41) is 7.10. The second kappa shape index (κ2) is 6.90. The number of pyridine rings is 1. The number of hydrogen-bond donors (Lipinski definition) is 3. The van der Waals surface area contributed by atoms with Crippen molar-refractivity contribution in [3.8, 4) is 0 Å². The Hall–Kier alpha value is -2.57. The average molecular weight is 361 g/mol. The molecule has 0 atom stereocenters. The molecule has 122 valence electrons. The van der Waals surface area contributed by atoms with Crippen molar-refractivity contribution >= 4 is 52.0 Å². The minimum atomic E-state index is 0.367. The standard InChI is InChI=1S/C16H14Cl2N6/c1-9-3-2-4-13(22-9)24-16-14(19)15(20-8-21-16)23-10-5-6-11(17)12(18)7-10/h2-8H,19H2,1H3,(H2,20,21,22,23,24). The van der Waals surface area contributed by atoms with Gasteiger partial charge in [-0.05, 0) is 37.3 Å². The molecule has 4 N–H and O–H groups in total. The first-order valence-corrected chi connectivity index (χ1v) is 7.82. The van der Waals surface area contributed by atoms with E-state index in [-0.39, 0.29) is 0 Å². The fourth-order valence-corrected chi connectivity index (χ4v) is 2.34. The zero-order valence-electron chi connectivity index (χ0n) is 12.7. The van der Waals surface area contributed by atoms with Crippen LogP contribution in [0.1, 0.15) is 5.69 Å². The molecular weight excluding hydrogens is 347 g/mol. The predicted octanol–water partition coefficient (Wildman–Crippen LogP) is 4.56. The number of anilines is 5. The molecule has 0 aliphatic carbocycles. The number of benzene rings is 1. The number of aryl methyl sites for hydroxylation is 1. The topological polar surface area (TPSA) is 88.8 Å². The molecule has 0 fully saturated rings. The first-order valence-electron chi connectivity index (χ1n) is 7.06. The van der Waals surface area contributed by atoms with Crippen LogP contribution in [-0.2, 0) is 0 Å². The summed E-state index contributed by atoms with van der Waals surface area (Å²) in [6, 6.07) is 10.8. The first kappa shape index (κ1) is 16.3. The second-order valence-electron chi connectivity index (χ2n) is 5.03. The third-order valence-electron chi connectivity index (χ3n) is 3.20. The van der Waals surface area contributed by atoms with Gasteiger partial charge in [0.15, 0.2) is 11.6 Å². The van der Waals surface area contributed by atoms with E-state index in [4.69, 9.17) is 28.9 Å². The molecule has 8 heteroatoms. The summed E-state index contributed by atoms with van der Waals surface area (Å²) in [4.78, 5) is 12.7. The summed E-state index contributed by atoms with van der Waals surface area (Å²) >= 11 is 11.9. The Morgan fingerprint density at radius 1 is 0.958 bits per heavy atom. The number of aromatic nitrogens is 3. The number of nitrogens with zero attached hydrogens (tertiary/aromatic N) is 3. The average Bonchev–Trinajstić information content (AvgIpc) is 2.55. The minimum Gasteiger partial charge on any atom is -0.393 e. The third-order valence-corrected chi connectivity index (χ3v) is 3.94. The molecule has 0 saturated heterocycles. The van der Waals surface area contributed by atoms with Crippen LogP contribution in [0.15, 0.2) is 42.7 Å². The van der Waals surface area contributed by atoms with Gasteiger partial charge in [-0.1, -0.05) is 29.3 Å². The maximum absolute atomic E-state index is 6.15. The van der Waals surface area contributed by atoms with E-state index in [0.717, 1.165) is 11.4 Å². The van der Waals surface area contributed by atoms with E-state index >= 15 is 0 Å². The molecule has 24 heavy (non-hydrogen) atoms. The van der Waals surface area contributed by atoms with Gasteiger partial charge in [-0.15, -0.1) is 0 Å². The largest absolute Gasteiger partial charge is 0.393 e. The van der Waals surface area contributed by atoms with Crippen LogP contribution in [-0.4, -0.2) is 15.0 Å². The number of hydrogen-bond acceptors (Lipinski definition) is 6.